The van der Waals surface area contributed by atoms with Crippen molar-refractivity contribution in [2.75, 3.05) is 19.6 Å². The predicted molar refractivity (Wildman–Crippen MR) is 117 cm³/mol. The zero-order valence-electron chi connectivity index (χ0n) is 15.1. The third-order valence-corrected chi connectivity index (χ3v) is 4.59. The Balaban J connectivity index is 0.00000243. The highest BCUT2D eigenvalue weighted by Gasteiger charge is 2.25. The Morgan fingerprint density at radius 2 is 1.92 bits per heavy atom. The number of nitrogens with zero attached hydrogens (tertiary/aromatic N) is 3. The van der Waals surface area contributed by atoms with Crippen molar-refractivity contribution in [1.82, 2.24) is 10.2 Å². The van der Waals surface area contributed by atoms with Crippen LogP contribution in [0.4, 0.5) is 0 Å². The van der Waals surface area contributed by atoms with Crippen LogP contribution in [0.25, 0.3) is 0 Å². The Kier molecular flexibility index (Phi) is 7.92. The molecule has 2 aromatic rings. The zero-order chi connectivity index (χ0) is 17.5. The van der Waals surface area contributed by atoms with E-state index in [9.17, 15) is 0 Å². The van der Waals surface area contributed by atoms with E-state index in [4.69, 9.17) is 10.3 Å². The lowest BCUT2D eigenvalue weighted by Crippen LogP contribution is -2.40. The number of nitrogens with one attached hydrogen (secondary N) is 1. The van der Waals surface area contributed by atoms with Crippen LogP contribution in [0.3, 0.4) is 0 Å². The van der Waals surface area contributed by atoms with Gasteiger partial charge in [-0.15, -0.1) is 24.0 Å². The summed E-state index contributed by atoms with van der Waals surface area (Å²) in [5.74, 6) is 1.55. The number of nitriles is 1. The van der Waals surface area contributed by atoms with E-state index in [2.05, 4.69) is 53.5 Å². The van der Waals surface area contributed by atoms with Crippen molar-refractivity contribution in [3.8, 4) is 6.07 Å². The lowest BCUT2D eigenvalue weighted by Gasteiger charge is -2.21. The second-order valence-corrected chi connectivity index (χ2v) is 6.32. The highest BCUT2D eigenvalue weighted by Crippen LogP contribution is 2.26. The van der Waals surface area contributed by atoms with Gasteiger partial charge in [0, 0.05) is 25.6 Å². The molecule has 1 saturated heterocycles. The molecule has 1 fully saturated rings. The van der Waals surface area contributed by atoms with E-state index < -0.39 is 0 Å². The Bertz CT molecular complexity index is 750. The molecule has 1 atom stereocenters. The van der Waals surface area contributed by atoms with Crippen molar-refractivity contribution in [3.63, 3.8) is 0 Å². The van der Waals surface area contributed by atoms with Gasteiger partial charge < -0.3 is 10.2 Å². The summed E-state index contributed by atoms with van der Waals surface area (Å²) in [5, 5.41) is 12.3. The quantitative estimate of drug-likeness (QED) is 0.424. The Hall–Kier alpha value is -2.07. The fourth-order valence-electron chi connectivity index (χ4n) is 3.23. The molecule has 0 spiro atoms. The zero-order valence-corrected chi connectivity index (χ0v) is 17.4. The first-order valence-electron chi connectivity index (χ1n) is 8.87. The molecule has 0 aliphatic carbocycles. The maximum Gasteiger partial charge on any atom is 0.194 e. The Morgan fingerprint density at radius 3 is 2.58 bits per heavy atom. The van der Waals surface area contributed by atoms with Crippen molar-refractivity contribution in [3.05, 3.63) is 71.3 Å². The van der Waals surface area contributed by atoms with E-state index in [-0.39, 0.29) is 24.0 Å². The normalized spacial score (nSPS) is 16.7. The van der Waals surface area contributed by atoms with Gasteiger partial charge in [0.1, 0.15) is 0 Å². The highest BCUT2D eigenvalue weighted by atomic mass is 127. The summed E-state index contributed by atoms with van der Waals surface area (Å²) in [6.45, 7) is 5.61. The van der Waals surface area contributed by atoms with Gasteiger partial charge in [-0.2, -0.15) is 5.26 Å². The van der Waals surface area contributed by atoms with Crippen LogP contribution in [-0.4, -0.2) is 30.5 Å². The minimum absolute atomic E-state index is 0. The number of rotatable bonds is 4. The predicted octanol–water partition coefficient (Wildman–Crippen LogP) is 4.13. The van der Waals surface area contributed by atoms with Crippen LogP contribution in [-0.2, 0) is 6.54 Å². The summed E-state index contributed by atoms with van der Waals surface area (Å²) in [6.07, 6.45) is 1.16. The first kappa shape index (κ1) is 20.2. The molecule has 5 heteroatoms. The van der Waals surface area contributed by atoms with Crippen LogP contribution >= 0.6 is 24.0 Å². The van der Waals surface area contributed by atoms with Crippen molar-refractivity contribution >= 4 is 29.9 Å². The number of benzene rings is 2. The average molecular weight is 460 g/mol. The topological polar surface area (TPSA) is 51.4 Å². The molecule has 26 heavy (non-hydrogen) atoms. The van der Waals surface area contributed by atoms with Crippen molar-refractivity contribution in [2.24, 2.45) is 4.99 Å². The van der Waals surface area contributed by atoms with Gasteiger partial charge in [-0.05, 0) is 36.6 Å². The third-order valence-electron chi connectivity index (χ3n) is 4.59. The minimum atomic E-state index is 0. The smallest absolute Gasteiger partial charge is 0.194 e. The Morgan fingerprint density at radius 1 is 1.19 bits per heavy atom. The molecule has 2 aromatic carbocycles. The largest absolute Gasteiger partial charge is 0.357 e. The van der Waals surface area contributed by atoms with E-state index in [1.54, 1.807) is 0 Å². The second kappa shape index (κ2) is 10.2. The molecule has 4 nitrogen and oxygen atoms in total. The van der Waals surface area contributed by atoms with Crippen LogP contribution in [0.5, 0.6) is 0 Å². The van der Waals surface area contributed by atoms with Gasteiger partial charge in [-0.3, -0.25) is 0 Å². The molecule has 0 saturated carbocycles. The van der Waals surface area contributed by atoms with Crippen LogP contribution < -0.4 is 5.32 Å². The highest BCUT2D eigenvalue weighted by molar-refractivity contribution is 14.0. The van der Waals surface area contributed by atoms with Crippen LogP contribution in [0.1, 0.15) is 36.0 Å². The molecule has 1 aliphatic rings. The molecule has 136 valence electrons. The molecule has 0 radical (unpaired) electrons. The fourth-order valence-corrected chi connectivity index (χ4v) is 3.23. The molecule has 0 bridgehead atoms. The molecular formula is C21H25IN4. The van der Waals surface area contributed by atoms with Gasteiger partial charge in [-0.1, -0.05) is 42.5 Å². The monoisotopic (exact) mass is 460 g/mol. The maximum absolute atomic E-state index is 8.88. The van der Waals surface area contributed by atoms with Crippen LogP contribution in [0, 0.1) is 11.3 Å². The Labute approximate surface area is 173 Å². The van der Waals surface area contributed by atoms with E-state index in [0.29, 0.717) is 18.0 Å². The summed E-state index contributed by atoms with van der Waals surface area (Å²) in [5.41, 5.74) is 3.21. The minimum Gasteiger partial charge on any atom is -0.357 e. The standard InChI is InChI=1S/C21H24N4.HI/c1-2-23-21(24-15-18-10-8-17(14-22)9-11-18)25-13-12-20(16-25)19-6-4-3-5-7-19;/h3-11,20H,2,12-13,15-16H2,1H3,(H,23,24);1H. The number of halogens is 1. The first-order valence-corrected chi connectivity index (χ1v) is 8.87. The van der Waals surface area contributed by atoms with Gasteiger partial charge in [0.2, 0.25) is 0 Å². The lowest BCUT2D eigenvalue weighted by molar-refractivity contribution is 0.486. The van der Waals surface area contributed by atoms with Gasteiger partial charge in [0.15, 0.2) is 5.96 Å². The molecule has 3 rings (SSSR count). The summed E-state index contributed by atoms with van der Waals surface area (Å²) in [6, 6.07) is 20.5. The SMILES string of the molecule is CCNC(=NCc1ccc(C#N)cc1)N1CCC(c2ccccc2)C1.I. The molecule has 1 N–H and O–H groups in total. The van der Waals surface area contributed by atoms with Crippen molar-refractivity contribution < 1.29 is 0 Å². The second-order valence-electron chi connectivity index (χ2n) is 6.32. The molecule has 1 heterocycles. The average Bonchev–Trinajstić information content (AvgIpc) is 3.16. The number of guanidine groups is 1. The summed E-state index contributed by atoms with van der Waals surface area (Å²) < 4.78 is 0. The van der Waals surface area contributed by atoms with Crippen molar-refractivity contribution in [1.29, 1.82) is 5.26 Å². The first-order chi connectivity index (χ1) is 12.3. The fraction of sp³-hybridized carbons (Fsp3) is 0.333. The maximum atomic E-state index is 8.88. The van der Waals surface area contributed by atoms with Gasteiger partial charge in [-0.25, -0.2) is 4.99 Å². The van der Waals surface area contributed by atoms with Gasteiger partial charge in [0.05, 0.1) is 18.2 Å². The molecule has 1 unspecified atom stereocenters. The summed E-state index contributed by atoms with van der Waals surface area (Å²) in [7, 11) is 0. The van der Waals surface area contributed by atoms with Crippen LogP contribution in [0.2, 0.25) is 0 Å². The number of aliphatic imine (C=N–C) groups is 1. The number of likely N-dealkylation sites (tertiary alicyclic amines) is 1. The summed E-state index contributed by atoms with van der Waals surface area (Å²) >= 11 is 0. The number of hydrogen-bond acceptors (Lipinski definition) is 2. The van der Waals surface area contributed by atoms with E-state index in [1.807, 2.05) is 24.3 Å². The lowest BCUT2D eigenvalue weighted by atomic mass is 9.99. The summed E-state index contributed by atoms with van der Waals surface area (Å²) in [4.78, 5) is 7.15. The van der Waals surface area contributed by atoms with E-state index in [1.165, 1.54) is 5.56 Å². The molecule has 1 aliphatic heterocycles. The van der Waals surface area contributed by atoms with Gasteiger partial charge in [0.25, 0.3) is 0 Å². The van der Waals surface area contributed by atoms with Gasteiger partial charge >= 0.3 is 0 Å². The molecule has 0 amide bonds. The number of hydrogen-bond donors (Lipinski definition) is 1. The van der Waals surface area contributed by atoms with E-state index >= 15 is 0 Å². The van der Waals surface area contributed by atoms with Crippen LogP contribution in [0.15, 0.2) is 59.6 Å². The van der Waals surface area contributed by atoms with Crippen molar-refractivity contribution in [2.45, 2.75) is 25.8 Å². The molecule has 0 aromatic heterocycles. The third kappa shape index (κ3) is 5.21. The van der Waals surface area contributed by atoms with E-state index in [0.717, 1.165) is 37.6 Å². The molecular weight excluding hydrogens is 435 g/mol.